The topological polar surface area (TPSA) is 136 Å². The van der Waals surface area contributed by atoms with Gasteiger partial charge in [0.1, 0.15) is 17.4 Å². The van der Waals surface area contributed by atoms with E-state index in [2.05, 4.69) is 20.6 Å². The molecule has 1 heterocycles. The number of nitrogens with one attached hydrogen (secondary N) is 2. The highest BCUT2D eigenvalue weighted by Crippen LogP contribution is 2.22. The van der Waals surface area contributed by atoms with Crippen molar-refractivity contribution in [1.82, 2.24) is 9.97 Å². The largest absolute Gasteiger partial charge is 0.368 e. The lowest BCUT2D eigenvalue weighted by molar-refractivity contribution is -0.119. The van der Waals surface area contributed by atoms with Gasteiger partial charge in [0.15, 0.2) is 0 Å². The summed E-state index contributed by atoms with van der Waals surface area (Å²) in [5, 5.41) is 6.00. The fourth-order valence-electron chi connectivity index (χ4n) is 2.62. The zero-order valence-corrected chi connectivity index (χ0v) is 15.3. The van der Waals surface area contributed by atoms with Gasteiger partial charge in [0.05, 0.1) is 0 Å². The molecule has 0 aliphatic rings. The summed E-state index contributed by atoms with van der Waals surface area (Å²) < 4.78 is 0. The van der Waals surface area contributed by atoms with Crippen molar-refractivity contribution in [2.24, 2.45) is 17.4 Å². The standard InChI is InChI=1S/C18H24N6O2/c1-9(2)14(16(20)26)23-18-21-8-13(15(19)25)17(24-18)22-12-6-10(3)5-11(4)7-12/h5-9,14H,1-4H3,(H2,19,25)(H2,20,26)(H2,21,22,23,24)/t14-/m1/s1. The van der Waals surface area contributed by atoms with Gasteiger partial charge in [-0.05, 0) is 43.0 Å². The van der Waals surface area contributed by atoms with Crippen LogP contribution in [0.15, 0.2) is 24.4 Å². The van der Waals surface area contributed by atoms with Crippen LogP contribution in [0.5, 0.6) is 0 Å². The molecule has 0 radical (unpaired) electrons. The predicted octanol–water partition coefficient (Wildman–Crippen LogP) is 1.86. The highest BCUT2D eigenvalue weighted by Gasteiger charge is 2.21. The van der Waals surface area contributed by atoms with E-state index in [1.165, 1.54) is 6.20 Å². The highest BCUT2D eigenvalue weighted by molar-refractivity contribution is 5.98. The number of primary amides is 2. The Morgan fingerprint density at radius 2 is 1.69 bits per heavy atom. The molecule has 2 amide bonds. The molecule has 1 aromatic heterocycles. The molecule has 0 spiro atoms. The second-order valence-electron chi connectivity index (χ2n) is 6.59. The zero-order chi connectivity index (χ0) is 19.4. The maximum Gasteiger partial charge on any atom is 0.254 e. The van der Waals surface area contributed by atoms with Gasteiger partial charge in [0, 0.05) is 11.9 Å². The number of carbonyl (C=O) groups excluding carboxylic acids is 2. The summed E-state index contributed by atoms with van der Waals surface area (Å²) in [7, 11) is 0. The van der Waals surface area contributed by atoms with Gasteiger partial charge in [-0.15, -0.1) is 0 Å². The lowest BCUT2D eigenvalue weighted by Crippen LogP contribution is -2.40. The molecule has 26 heavy (non-hydrogen) atoms. The van der Waals surface area contributed by atoms with Crippen molar-refractivity contribution in [2.45, 2.75) is 33.7 Å². The van der Waals surface area contributed by atoms with Crippen molar-refractivity contribution in [3.63, 3.8) is 0 Å². The third-order valence-corrected chi connectivity index (χ3v) is 3.80. The fraction of sp³-hybridized carbons (Fsp3) is 0.333. The molecule has 0 aliphatic heterocycles. The molecule has 0 fully saturated rings. The highest BCUT2D eigenvalue weighted by atomic mass is 16.1. The van der Waals surface area contributed by atoms with Gasteiger partial charge in [0.2, 0.25) is 11.9 Å². The summed E-state index contributed by atoms with van der Waals surface area (Å²) in [4.78, 5) is 31.7. The molecule has 2 aromatic rings. The first kappa shape index (κ1) is 19.2. The third-order valence-electron chi connectivity index (χ3n) is 3.80. The first-order valence-corrected chi connectivity index (χ1v) is 8.25. The molecular formula is C18H24N6O2. The minimum absolute atomic E-state index is 0.0530. The number of aromatic nitrogens is 2. The number of benzene rings is 1. The van der Waals surface area contributed by atoms with Crippen LogP contribution in [0.2, 0.25) is 0 Å². The van der Waals surface area contributed by atoms with E-state index in [-0.39, 0.29) is 23.2 Å². The van der Waals surface area contributed by atoms with E-state index in [0.29, 0.717) is 0 Å². The number of rotatable bonds is 7. The molecule has 0 aliphatic carbocycles. The van der Waals surface area contributed by atoms with Crippen LogP contribution in [-0.2, 0) is 4.79 Å². The normalized spacial score (nSPS) is 11.9. The van der Waals surface area contributed by atoms with Crippen LogP contribution >= 0.6 is 0 Å². The summed E-state index contributed by atoms with van der Waals surface area (Å²) in [6.45, 7) is 7.66. The first-order valence-electron chi connectivity index (χ1n) is 8.25. The monoisotopic (exact) mass is 356 g/mol. The Morgan fingerprint density at radius 1 is 1.08 bits per heavy atom. The number of nitrogens with two attached hydrogens (primary N) is 2. The Balaban J connectivity index is 2.39. The van der Waals surface area contributed by atoms with Crippen LogP contribution in [0.3, 0.4) is 0 Å². The van der Waals surface area contributed by atoms with Gasteiger partial charge in [0.25, 0.3) is 5.91 Å². The number of hydrogen-bond donors (Lipinski definition) is 4. The lowest BCUT2D eigenvalue weighted by Gasteiger charge is -2.19. The van der Waals surface area contributed by atoms with Crippen molar-refractivity contribution in [3.8, 4) is 0 Å². The van der Waals surface area contributed by atoms with Gasteiger partial charge in [-0.3, -0.25) is 9.59 Å². The number of hydrogen-bond acceptors (Lipinski definition) is 6. The van der Waals surface area contributed by atoms with E-state index in [4.69, 9.17) is 11.5 Å². The molecule has 0 saturated carbocycles. The predicted molar refractivity (Wildman–Crippen MR) is 101 cm³/mol. The van der Waals surface area contributed by atoms with Crippen LogP contribution in [0, 0.1) is 19.8 Å². The Bertz CT molecular complexity index is 814. The molecule has 8 heteroatoms. The van der Waals surface area contributed by atoms with Crippen molar-refractivity contribution in [2.75, 3.05) is 10.6 Å². The van der Waals surface area contributed by atoms with Crippen LogP contribution < -0.4 is 22.1 Å². The summed E-state index contributed by atoms with van der Waals surface area (Å²) in [6, 6.07) is 5.25. The summed E-state index contributed by atoms with van der Waals surface area (Å²) in [5.41, 5.74) is 13.9. The number of carbonyl (C=O) groups is 2. The van der Waals surface area contributed by atoms with Gasteiger partial charge in [-0.2, -0.15) is 4.98 Å². The number of anilines is 3. The number of aryl methyl sites for hydroxylation is 2. The zero-order valence-electron chi connectivity index (χ0n) is 15.3. The SMILES string of the molecule is Cc1cc(C)cc(Nc2nc(N[C@@H](C(N)=O)C(C)C)ncc2C(N)=O)c1. The molecule has 1 aromatic carbocycles. The molecule has 0 saturated heterocycles. The summed E-state index contributed by atoms with van der Waals surface area (Å²) >= 11 is 0. The molecule has 2 rings (SSSR count). The molecule has 0 bridgehead atoms. The molecular weight excluding hydrogens is 332 g/mol. The molecule has 8 nitrogen and oxygen atoms in total. The van der Waals surface area contributed by atoms with Crippen molar-refractivity contribution < 1.29 is 9.59 Å². The smallest absolute Gasteiger partial charge is 0.254 e. The van der Waals surface area contributed by atoms with E-state index in [1.54, 1.807) is 0 Å². The van der Waals surface area contributed by atoms with E-state index >= 15 is 0 Å². The van der Waals surface area contributed by atoms with E-state index in [0.717, 1.165) is 16.8 Å². The van der Waals surface area contributed by atoms with Crippen LogP contribution in [0.25, 0.3) is 0 Å². The maximum atomic E-state index is 11.7. The fourth-order valence-corrected chi connectivity index (χ4v) is 2.62. The maximum absolute atomic E-state index is 11.7. The molecule has 138 valence electrons. The summed E-state index contributed by atoms with van der Waals surface area (Å²) in [6.07, 6.45) is 1.32. The van der Waals surface area contributed by atoms with Crippen molar-refractivity contribution in [1.29, 1.82) is 0 Å². The average molecular weight is 356 g/mol. The Hall–Kier alpha value is -3.16. The molecule has 1 atom stereocenters. The van der Waals surface area contributed by atoms with Crippen LogP contribution in [0.4, 0.5) is 17.5 Å². The first-order chi connectivity index (χ1) is 12.2. The van der Waals surface area contributed by atoms with Crippen molar-refractivity contribution in [3.05, 3.63) is 41.1 Å². The average Bonchev–Trinajstić information content (AvgIpc) is 2.50. The number of nitrogens with zero attached hydrogens (tertiary/aromatic N) is 2. The Kier molecular flexibility index (Phi) is 5.76. The van der Waals surface area contributed by atoms with Gasteiger partial charge in [-0.25, -0.2) is 4.98 Å². The second-order valence-corrected chi connectivity index (χ2v) is 6.59. The van der Waals surface area contributed by atoms with E-state index in [1.807, 2.05) is 45.9 Å². The van der Waals surface area contributed by atoms with Crippen molar-refractivity contribution >= 4 is 29.3 Å². The summed E-state index contributed by atoms with van der Waals surface area (Å²) in [5.74, 6) is -0.778. The van der Waals surface area contributed by atoms with Crippen LogP contribution in [-0.4, -0.2) is 27.8 Å². The van der Waals surface area contributed by atoms with Crippen LogP contribution in [0.1, 0.15) is 35.3 Å². The van der Waals surface area contributed by atoms with E-state index in [9.17, 15) is 9.59 Å². The third kappa shape index (κ3) is 4.69. The minimum Gasteiger partial charge on any atom is -0.368 e. The molecule has 6 N–H and O–H groups in total. The minimum atomic E-state index is -0.654. The lowest BCUT2D eigenvalue weighted by atomic mass is 10.0. The number of amides is 2. The van der Waals surface area contributed by atoms with Gasteiger partial charge in [-0.1, -0.05) is 19.9 Å². The Labute approximate surface area is 152 Å². The Morgan fingerprint density at radius 3 is 2.19 bits per heavy atom. The molecule has 0 unspecified atom stereocenters. The van der Waals surface area contributed by atoms with E-state index < -0.39 is 17.9 Å². The van der Waals surface area contributed by atoms with Gasteiger partial charge < -0.3 is 22.1 Å². The quantitative estimate of drug-likeness (QED) is 0.598. The second kappa shape index (κ2) is 7.81. The van der Waals surface area contributed by atoms with Gasteiger partial charge >= 0.3 is 0 Å².